The number of nitrogens with zero attached hydrogens (tertiary/aromatic N) is 1. The number of epoxide rings is 1. The molecule has 0 aromatic rings. The van der Waals surface area contributed by atoms with Crippen LogP contribution in [0.2, 0.25) is 0 Å². The number of carbonyl (C=O) groups is 1. The second kappa shape index (κ2) is 5.50. The standard InChI is InChI=1S/C11H22N2O3/c1-11(2,3)16-10(14)12-5-6-13(4)7-9-8-15-9/h9H,5-8H2,1-4H3,(H,12,14)/t9-/m1/s1. The molecule has 0 radical (unpaired) electrons. The molecule has 1 atom stereocenters. The number of ether oxygens (including phenoxy) is 2. The molecule has 0 unspecified atom stereocenters. The van der Waals surface area contributed by atoms with E-state index in [9.17, 15) is 4.79 Å². The number of rotatable bonds is 5. The van der Waals surface area contributed by atoms with Crippen molar-refractivity contribution in [3.8, 4) is 0 Å². The maximum Gasteiger partial charge on any atom is 0.407 e. The Morgan fingerprint density at radius 1 is 1.56 bits per heavy atom. The number of alkyl carbamates (subject to hydrolysis) is 1. The van der Waals surface area contributed by atoms with Gasteiger partial charge in [0.15, 0.2) is 0 Å². The van der Waals surface area contributed by atoms with Gasteiger partial charge in [0.1, 0.15) is 5.60 Å². The smallest absolute Gasteiger partial charge is 0.407 e. The molecular weight excluding hydrogens is 208 g/mol. The summed E-state index contributed by atoms with van der Waals surface area (Å²) in [6.07, 6.45) is 0.0371. The molecule has 94 valence electrons. The van der Waals surface area contributed by atoms with Gasteiger partial charge in [-0.25, -0.2) is 4.79 Å². The Kier molecular flexibility index (Phi) is 4.56. The zero-order chi connectivity index (χ0) is 12.2. The van der Waals surface area contributed by atoms with E-state index in [1.165, 1.54) is 0 Å². The molecular formula is C11H22N2O3. The first kappa shape index (κ1) is 13.3. The number of amides is 1. The Balaban J connectivity index is 2.02. The van der Waals surface area contributed by atoms with Crippen LogP contribution in [0.1, 0.15) is 20.8 Å². The summed E-state index contributed by atoms with van der Waals surface area (Å²) in [4.78, 5) is 13.4. The molecule has 16 heavy (non-hydrogen) atoms. The lowest BCUT2D eigenvalue weighted by Gasteiger charge is -2.20. The van der Waals surface area contributed by atoms with Crippen molar-refractivity contribution in [1.82, 2.24) is 10.2 Å². The molecule has 0 aromatic heterocycles. The largest absolute Gasteiger partial charge is 0.444 e. The average molecular weight is 230 g/mol. The van der Waals surface area contributed by atoms with E-state index < -0.39 is 5.60 Å². The second-order valence-electron chi connectivity index (χ2n) is 5.15. The third-order valence-electron chi connectivity index (χ3n) is 2.08. The molecule has 1 heterocycles. The molecule has 0 bridgehead atoms. The molecule has 1 aliphatic rings. The molecule has 0 aliphatic carbocycles. The summed E-state index contributed by atoms with van der Waals surface area (Å²) in [5.74, 6) is 0. The molecule has 1 fully saturated rings. The summed E-state index contributed by atoms with van der Waals surface area (Å²) in [6.45, 7) is 8.74. The molecule has 0 saturated carbocycles. The van der Waals surface area contributed by atoms with E-state index in [0.717, 1.165) is 19.7 Å². The summed E-state index contributed by atoms with van der Waals surface area (Å²) < 4.78 is 10.2. The van der Waals surface area contributed by atoms with E-state index in [0.29, 0.717) is 12.6 Å². The van der Waals surface area contributed by atoms with Crippen molar-refractivity contribution in [2.75, 3.05) is 33.3 Å². The van der Waals surface area contributed by atoms with Crippen LogP contribution in [-0.4, -0.2) is 56.0 Å². The zero-order valence-electron chi connectivity index (χ0n) is 10.6. The Labute approximate surface area is 97.1 Å². The first-order chi connectivity index (χ1) is 7.37. The average Bonchev–Trinajstić information content (AvgIpc) is 2.84. The Hall–Kier alpha value is -0.810. The van der Waals surface area contributed by atoms with Gasteiger partial charge in [-0.1, -0.05) is 0 Å². The van der Waals surface area contributed by atoms with E-state index >= 15 is 0 Å². The maximum absolute atomic E-state index is 11.3. The van der Waals surface area contributed by atoms with Crippen LogP contribution in [-0.2, 0) is 9.47 Å². The molecule has 1 saturated heterocycles. The van der Waals surface area contributed by atoms with Gasteiger partial charge < -0.3 is 19.7 Å². The van der Waals surface area contributed by atoms with Gasteiger partial charge in [0.25, 0.3) is 0 Å². The van der Waals surface area contributed by atoms with E-state index in [-0.39, 0.29) is 6.09 Å². The minimum atomic E-state index is -0.433. The summed E-state index contributed by atoms with van der Waals surface area (Å²) in [5.41, 5.74) is -0.433. The molecule has 5 nitrogen and oxygen atoms in total. The molecule has 1 rings (SSSR count). The van der Waals surface area contributed by atoms with Gasteiger partial charge in [-0.05, 0) is 27.8 Å². The van der Waals surface area contributed by atoms with Crippen molar-refractivity contribution < 1.29 is 14.3 Å². The van der Waals surface area contributed by atoms with Gasteiger partial charge in [0, 0.05) is 19.6 Å². The number of likely N-dealkylation sites (N-methyl/N-ethyl adjacent to an activating group) is 1. The number of hydrogen-bond acceptors (Lipinski definition) is 4. The van der Waals surface area contributed by atoms with Crippen molar-refractivity contribution in [1.29, 1.82) is 0 Å². The third-order valence-corrected chi connectivity index (χ3v) is 2.08. The van der Waals surface area contributed by atoms with Crippen LogP contribution in [0, 0.1) is 0 Å². The highest BCUT2D eigenvalue weighted by atomic mass is 16.6. The highest BCUT2D eigenvalue weighted by Gasteiger charge is 2.23. The lowest BCUT2D eigenvalue weighted by atomic mass is 10.2. The first-order valence-electron chi connectivity index (χ1n) is 5.64. The van der Waals surface area contributed by atoms with E-state index in [1.54, 1.807) is 0 Å². The summed E-state index contributed by atoms with van der Waals surface area (Å²) >= 11 is 0. The van der Waals surface area contributed by atoms with Crippen molar-refractivity contribution in [3.63, 3.8) is 0 Å². The fourth-order valence-corrected chi connectivity index (χ4v) is 1.28. The van der Waals surface area contributed by atoms with Crippen molar-refractivity contribution >= 4 is 6.09 Å². The van der Waals surface area contributed by atoms with Gasteiger partial charge in [-0.2, -0.15) is 0 Å². The maximum atomic E-state index is 11.3. The quantitative estimate of drug-likeness (QED) is 0.711. The lowest BCUT2D eigenvalue weighted by Crippen LogP contribution is -2.37. The zero-order valence-corrected chi connectivity index (χ0v) is 10.6. The summed E-state index contributed by atoms with van der Waals surface area (Å²) in [7, 11) is 2.01. The van der Waals surface area contributed by atoms with Gasteiger partial charge >= 0.3 is 6.09 Å². The number of carbonyl (C=O) groups excluding carboxylic acids is 1. The van der Waals surface area contributed by atoms with Crippen LogP contribution in [0.25, 0.3) is 0 Å². The minimum absolute atomic E-state index is 0.358. The van der Waals surface area contributed by atoms with E-state index in [1.807, 2.05) is 27.8 Å². The lowest BCUT2D eigenvalue weighted by molar-refractivity contribution is 0.0523. The van der Waals surface area contributed by atoms with Crippen LogP contribution < -0.4 is 5.32 Å². The fourth-order valence-electron chi connectivity index (χ4n) is 1.28. The van der Waals surface area contributed by atoms with Crippen LogP contribution >= 0.6 is 0 Å². The van der Waals surface area contributed by atoms with Crippen LogP contribution in [0.5, 0.6) is 0 Å². The summed E-state index contributed by atoms with van der Waals surface area (Å²) in [5, 5.41) is 2.72. The predicted octanol–water partition coefficient (Wildman–Crippen LogP) is 0.842. The highest BCUT2D eigenvalue weighted by Crippen LogP contribution is 2.09. The van der Waals surface area contributed by atoms with E-state index in [2.05, 4.69) is 10.2 Å². The molecule has 1 N–H and O–H groups in total. The van der Waals surface area contributed by atoms with Gasteiger partial charge in [-0.3, -0.25) is 0 Å². The monoisotopic (exact) mass is 230 g/mol. The molecule has 0 spiro atoms. The third kappa shape index (κ3) is 6.63. The fraction of sp³-hybridized carbons (Fsp3) is 0.909. The Morgan fingerprint density at radius 2 is 2.19 bits per heavy atom. The van der Waals surface area contributed by atoms with Gasteiger partial charge in [0.05, 0.1) is 12.7 Å². The second-order valence-corrected chi connectivity index (χ2v) is 5.15. The first-order valence-corrected chi connectivity index (χ1v) is 5.64. The highest BCUT2D eigenvalue weighted by molar-refractivity contribution is 5.67. The normalized spacial score (nSPS) is 19.7. The van der Waals surface area contributed by atoms with E-state index in [4.69, 9.17) is 9.47 Å². The summed E-state index contributed by atoms with van der Waals surface area (Å²) in [6, 6.07) is 0. The SMILES string of the molecule is CN(CCNC(=O)OC(C)(C)C)C[C@@H]1CO1. The van der Waals surface area contributed by atoms with Crippen molar-refractivity contribution in [2.45, 2.75) is 32.5 Å². The Bertz CT molecular complexity index is 234. The number of hydrogen-bond donors (Lipinski definition) is 1. The molecule has 0 aromatic carbocycles. The molecule has 1 aliphatic heterocycles. The van der Waals surface area contributed by atoms with Gasteiger partial charge in [0.2, 0.25) is 0 Å². The van der Waals surface area contributed by atoms with Crippen LogP contribution in [0.15, 0.2) is 0 Å². The Morgan fingerprint density at radius 3 is 2.69 bits per heavy atom. The molecule has 5 heteroatoms. The van der Waals surface area contributed by atoms with Crippen molar-refractivity contribution in [2.24, 2.45) is 0 Å². The number of nitrogens with one attached hydrogen (secondary N) is 1. The van der Waals surface area contributed by atoms with Crippen LogP contribution in [0.4, 0.5) is 4.79 Å². The predicted molar refractivity (Wildman–Crippen MR) is 61.5 cm³/mol. The molecule has 1 amide bonds. The topological polar surface area (TPSA) is 54.1 Å². The van der Waals surface area contributed by atoms with Crippen LogP contribution in [0.3, 0.4) is 0 Å². The van der Waals surface area contributed by atoms with Crippen molar-refractivity contribution in [3.05, 3.63) is 0 Å². The minimum Gasteiger partial charge on any atom is -0.444 e. The van der Waals surface area contributed by atoms with Gasteiger partial charge in [-0.15, -0.1) is 0 Å².